The molecule has 0 spiro atoms. The van der Waals surface area contributed by atoms with Crippen molar-refractivity contribution in [1.29, 1.82) is 0 Å². The van der Waals surface area contributed by atoms with E-state index >= 15 is 0 Å². The van der Waals surface area contributed by atoms with E-state index in [1.54, 1.807) is 29.2 Å². The fraction of sp³-hybridized carbons (Fsp3) is 0.385. The summed E-state index contributed by atoms with van der Waals surface area (Å²) < 4.78 is 0. The van der Waals surface area contributed by atoms with Crippen LogP contribution in [0.5, 0.6) is 0 Å². The van der Waals surface area contributed by atoms with Crippen LogP contribution >= 0.6 is 11.6 Å². The number of nitrogens with zero attached hydrogens (tertiary/aromatic N) is 1. The molecule has 2 amide bonds. The molecule has 0 aliphatic heterocycles. The van der Waals surface area contributed by atoms with Gasteiger partial charge in [-0.2, -0.15) is 0 Å². The highest BCUT2D eigenvalue weighted by Crippen LogP contribution is 2.27. The Hall–Kier alpha value is -1.55. The van der Waals surface area contributed by atoms with Crippen molar-refractivity contribution >= 4 is 29.1 Å². The number of halogens is 1. The third-order valence-corrected chi connectivity index (χ3v) is 3.18. The minimum atomic E-state index is -0.217. The first-order chi connectivity index (χ1) is 8.58. The Morgan fingerprint density at radius 1 is 1.39 bits per heavy atom. The summed E-state index contributed by atoms with van der Waals surface area (Å²) in [4.78, 5) is 24.9. The van der Waals surface area contributed by atoms with Gasteiger partial charge in [-0.05, 0) is 25.0 Å². The SMILES string of the molecule is CC(=O)N(CC(=O)Nc1ccccc1Cl)C1CC1. The van der Waals surface area contributed by atoms with Crippen molar-refractivity contribution in [3.05, 3.63) is 29.3 Å². The van der Waals surface area contributed by atoms with Crippen LogP contribution in [0.2, 0.25) is 5.02 Å². The summed E-state index contributed by atoms with van der Waals surface area (Å²) in [7, 11) is 0. The van der Waals surface area contributed by atoms with Crippen LogP contribution in [0.25, 0.3) is 0 Å². The monoisotopic (exact) mass is 266 g/mol. The first-order valence-electron chi connectivity index (χ1n) is 5.89. The molecule has 0 radical (unpaired) electrons. The van der Waals surface area contributed by atoms with Crippen LogP contribution in [0.3, 0.4) is 0 Å². The molecule has 1 fully saturated rings. The molecule has 18 heavy (non-hydrogen) atoms. The second kappa shape index (κ2) is 5.40. The van der Waals surface area contributed by atoms with Gasteiger partial charge in [0.15, 0.2) is 0 Å². The van der Waals surface area contributed by atoms with E-state index in [9.17, 15) is 9.59 Å². The topological polar surface area (TPSA) is 49.4 Å². The van der Waals surface area contributed by atoms with E-state index in [0.29, 0.717) is 10.7 Å². The number of para-hydroxylation sites is 1. The standard InChI is InChI=1S/C13H15ClN2O2/c1-9(17)16(10-6-7-10)8-13(18)15-12-5-3-2-4-11(12)14/h2-5,10H,6-8H2,1H3,(H,15,18). The summed E-state index contributed by atoms with van der Waals surface area (Å²) in [5, 5.41) is 3.21. The number of hydrogen-bond donors (Lipinski definition) is 1. The van der Waals surface area contributed by atoms with Gasteiger partial charge in [0.2, 0.25) is 11.8 Å². The Bertz CT molecular complexity index is 472. The average molecular weight is 267 g/mol. The molecule has 0 aromatic heterocycles. The highest BCUT2D eigenvalue weighted by Gasteiger charge is 2.32. The summed E-state index contributed by atoms with van der Waals surface area (Å²) >= 11 is 5.95. The number of amides is 2. The summed E-state index contributed by atoms with van der Waals surface area (Å²) in [5.41, 5.74) is 0.573. The van der Waals surface area contributed by atoms with Crippen molar-refractivity contribution in [2.45, 2.75) is 25.8 Å². The van der Waals surface area contributed by atoms with Crippen LogP contribution in [-0.2, 0) is 9.59 Å². The van der Waals surface area contributed by atoms with E-state index in [-0.39, 0.29) is 24.4 Å². The molecule has 1 aliphatic carbocycles. The van der Waals surface area contributed by atoms with Crippen molar-refractivity contribution in [1.82, 2.24) is 4.90 Å². The van der Waals surface area contributed by atoms with E-state index in [2.05, 4.69) is 5.32 Å². The molecule has 1 aromatic rings. The van der Waals surface area contributed by atoms with Crippen LogP contribution < -0.4 is 5.32 Å². The molecule has 5 heteroatoms. The first kappa shape index (κ1) is 12.9. The van der Waals surface area contributed by atoms with Gasteiger partial charge in [-0.15, -0.1) is 0 Å². The normalized spacial score (nSPS) is 14.1. The van der Waals surface area contributed by atoms with Crippen molar-refractivity contribution < 1.29 is 9.59 Å². The van der Waals surface area contributed by atoms with Gasteiger partial charge < -0.3 is 10.2 Å². The van der Waals surface area contributed by atoms with Gasteiger partial charge >= 0.3 is 0 Å². The Balaban J connectivity index is 1.96. The Kier molecular flexibility index (Phi) is 3.87. The fourth-order valence-electron chi connectivity index (χ4n) is 1.79. The Morgan fingerprint density at radius 3 is 2.61 bits per heavy atom. The van der Waals surface area contributed by atoms with Gasteiger partial charge in [-0.3, -0.25) is 9.59 Å². The minimum Gasteiger partial charge on any atom is -0.331 e. The zero-order valence-electron chi connectivity index (χ0n) is 10.1. The van der Waals surface area contributed by atoms with Gasteiger partial charge in [0.25, 0.3) is 0 Å². The lowest BCUT2D eigenvalue weighted by molar-refractivity contribution is -0.133. The quantitative estimate of drug-likeness (QED) is 0.909. The Labute approximate surface area is 111 Å². The highest BCUT2D eigenvalue weighted by molar-refractivity contribution is 6.33. The van der Waals surface area contributed by atoms with Crippen molar-refractivity contribution in [2.24, 2.45) is 0 Å². The molecule has 1 saturated carbocycles. The molecule has 4 nitrogen and oxygen atoms in total. The molecule has 0 bridgehead atoms. The number of carbonyl (C=O) groups is 2. The number of carbonyl (C=O) groups excluding carboxylic acids is 2. The zero-order valence-corrected chi connectivity index (χ0v) is 10.9. The maximum atomic E-state index is 11.8. The third-order valence-electron chi connectivity index (χ3n) is 2.85. The highest BCUT2D eigenvalue weighted by atomic mass is 35.5. The van der Waals surface area contributed by atoms with E-state index in [4.69, 9.17) is 11.6 Å². The summed E-state index contributed by atoms with van der Waals surface area (Å²) in [5.74, 6) is -0.281. The second-order valence-electron chi connectivity index (χ2n) is 4.41. The maximum absolute atomic E-state index is 11.8. The van der Waals surface area contributed by atoms with E-state index < -0.39 is 0 Å². The van der Waals surface area contributed by atoms with E-state index in [0.717, 1.165) is 12.8 Å². The maximum Gasteiger partial charge on any atom is 0.244 e. The van der Waals surface area contributed by atoms with E-state index in [1.165, 1.54) is 6.92 Å². The van der Waals surface area contributed by atoms with Crippen LogP contribution in [0.1, 0.15) is 19.8 Å². The second-order valence-corrected chi connectivity index (χ2v) is 4.81. The summed E-state index contributed by atoms with van der Waals surface area (Å²) in [6.45, 7) is 1.58. The fourth-order valence-corrected chi connectivity index (χ4v) is 1.97. The summed E-state index contributed by atoms with van der Waals surface area (Å²) in [6, 6.07) is 7.27. The van der Waals surface area contributed by atoms with Gasteiger partial charge in [-0.25, -0.2) is 0 Å². The molecule has 0 saturated heterocycles. The lowest BCUT2D eigenvalue weighted by atomic mass is 10.3. The lowest BCUT2D eigenvalue weighted by Gasteiger charge is -2.20. The predicted octanol–water partition coefficient (Wildman–Crippen LogP) is 2.29. The Morgan fingerprint density at radius 2 is 2.06 bits per heavy atom. The average Bonchev–Trinajstić information content (AvgIpc) is 3.13. The molecule has 1 N–H and O–H groups in total. The molecule has 1 aliphatic rings. The molecule has 1 aromatic carbocycles. The van der Waals surface area contributed by atoms with Gasteiger partial charge in [0.1, 0.15) is 6.54 Å². The molecular formula is C13H15ClN2O2. The first-order valence-corrected chi connectivity index (χ1v) is 6.27. The number of benzene rings is 1. The lowest BCUT2D eigenvalue weighted by Crippen LogP contribution is -2.38. The molecule has 0 heterocycles. The zero-order chi connectivity index (χ0) is 13.1. The van der Waals surface area contributed by atoms with Crippen LogP contribution in [0.4, 0.5) is 5.69 Å². The largest absolute Gasteiger partial charge is 0.331 e. The molecule has 0 atom stereocenters. The summed E-state index contributed by atoms with van der Waals surface area (Å²) in [6.07, 6.45) is 1.97. The molecular weight excluding hydrogens is 252 g/mol. The van der Waals surface area contributed by atoms with Crippen molar-refractivity contribution in [3.8, 4) is 0 Å². The third kappa shape index (κ3) is 3.23. The van der Waals surface area contributed by atoms with Crippen LogP contribution in [0, 0.1) is 0 Å². The smallest absolute Gasteiger partial charge is 0.244 e. The van der Waals surface area contributed by atoms with E-state index in [1.807, 2.05) is 0 Å². The number of anilines is 1. The number of rotatable bonds is 4. The number of nitrogens with one attached hydrogen (secondary N) is 1. The van der Waals surface area contributed by atoms with Crippen molar-refractivity contribution in [3.63, 3.8) is 0 Å². The van der Waals surface area contributed by atoms with Gasteiger partial charge in [0, 0.05) is 13.0 Å². The minimum absolute atomic E-state index is 0.0631. The predicted molar refractivity (Wildman–Crippen MR) is 70.5 cm³/mol. The molecule has 2 rings (SSSR count). The van der Waals surface area contributed by atoms with Crippen LogP contribution in [-0.4, -0.2) is 29.3 Å². The van der Waals surface area contributed by atoms with Gasteiger partial charge in [0.05, 0.1) is 10.7 Å². The molecule has 0 unspecified atom stereocenters. The van der Waals surface area contributed by atoms with Gasteiger partial charge in [-0.1, -0.05) is 23.7 Å². The number of hydrogen-bond acceptors (Lipinski definition) is 2. The van der Waals surface area contributed by atoms with Crippen molar-refractivity contribution in [2.75, 3.05) is 11.9 Å². The van der Waals surface area contributed by atoms with Crippen LogP contribution in [0.15, 0.2) is 24.3 Å². The molecule has 96 valence electrons.